The maximum atomic E-state index is 12.2. The first kappa shape index (κ1) is 78.8. The number of ether oxygens (including phenoxy) is 4. The Hall–Kier alpha value is -7.65. The third-order valence-corrected chi connectivity index (χ3v) is 16.1. The van der Waals surface area contributed by atoms with Gasteiger partial charge in [-0.3, -0.25) is 38.6 Å². The summed E-state index contributed by atoms with van der Waals surface area (Å²) in [7, 11) is 0. The number of benzene rings is 4. The van der Waals surface area contributed by atoms with Gasteiger partial charge in [0.2, 0.25) is 23.6 Å². The Morgan fingerprint density at radius 3 is 1.31 bits per heavy atom. The Kier molecular flexibility index (Phi) is 32.9. The third-order valence-electron chi connectivity index (χ3n) is 16.1. The fraction of sp³-hybridized carbons (Fsp3) is 0.493. The van der Waals surface area contributed by atoms with Gasteiger partial charge in [0, 0.05) is 89.7 Å². The van der Waals surface area contributed by atoms with Crippen LogP contribution in [0.5, 0.6) is 23.0 Å². The molecule has 10 rings (SSSR count). The maximum absolute atomic E-state index is 12.2. The quantitative estimate of drug-likeness (QED) is 0.0611. The number of carboxylic acids is 2. The molecule has 0 aromatic heterocycles. The van der Waals surface area contributed by atoms with Crippen molar-refractivity contribution in [1.29, 1.82) is 0 Å². The topological polar surface area (TPSA) is 291 Å². The SMILES string of the molecule is CC(=O)OOC(C)=O.CC(=O)[O-].CCCN1CC[C@H](COc2ccc3c(c2)C(=O)CC3)[C@@H](c2ccc(OCCN3C(=O)CCC3=O)cc2)CC1.O=C(O)C(F)(F)F.O=C1CCc2ccc(OC[C@@H]3CCNCC[C@H]3c3ccc(OCCN4C(=O)CCC4=O)cc3)cc21.[B].[Na+]. The number of alkyl halides is 3. The number of rotatable bonds is 18. The van der Waals surface area contributed by atoms with Gasteiger partial charge >= 0.3 is 53.6 Å². The van der Waals surface area contributed by atoms with E-state index in [0.717, 1.165) is 144 Å². The van der Waals surface area contributed by atoms with E-state index in [1.54, 1.807) is 0 Å². The van der Waals surface area contributed by atoms with Crippen molar-refractivity contribution in [3.63, 3.8) is 0 Å². The molecular weight excluding hydrogens is 1240 g/mol. The van der Waals surface area contributed by atoms with E-state index in [1.807, 2.05) is 60.7 Å². The molecule has 4 heterocycles. The van der Waals surface area contributed by atoms with Crippen LogP contribution in [-0.2, 0) is 61.0 Å². The molecule has 94 heavy (non-hydrogen) atoms. The summed E-state index contributed by atoms with van der Waals surface area (Å²) >= 11 is 0. The predicted molar refractivity (Wildman–Crippen MR) is 329 cm³/mol. The van der Waals surface area contributed by atoms with Gasteiger partial charge in [-0.05, 0) is 167 Å². The molecule has 22 nitrogen and oxygen atoms in total. The summed E-state index contributed by atoms with van der Waals surface area (Å²) in [5.41, 5.74) is 6.42. The first-order chi connectivity index (χ1) is 43.9. The van der Waals surface area contributed by atoms with Gasteiger partial charge < -0.3 is 44.2 Å². The van der Waals surface area contributed by atoms with Crippen molar-refractivity contribution in [2.24, 2.45) is 11.8 Å². The minimum absolute atomic E-state index is 0. The second-order valence-electron chi connectivity index (χ2n) is 22.7. The van der Waals surface area contributed by atoms with E-state index < -0.39 is 30.1 Å². The number of hydrogen-bond acceptors (Lipinski definition) is 19. The fourth-order valence-corrected chi connectivity index (χ4v) is 11.6. The van der Waals surface area contributed by atoms with Crippen LogP contribution in [0.25, 0.3) is 0 Å². The number of carbonyl (C=O) groups excluding carboxylic acids is 9. The molecule has 0 saturated carbocycles. The molecule has 4 aromatic carbocycles. The first-order valence-corrected chi connectivity index (χ1v) is 30.9. The molecule has 0 spiro atoms. The molecule has 4 aromatic rings. The number of aryl methyl sites for hydroxylation is 2. The molecule has 501 valence electrons. The van der Waals surface area contributed by atoms with Crippen molar-refractivity contribution in [3.05, 3.63) is 118 Å². The molecule has 2 aliphatic carbocycles. The van der Waals surface area contributed by atoms with E-state index in [0.29, 0.717) is 102 Å². The number of nitrogens with zero attached hydrogens (tertiary/aromatic N) is 3. The summed E-state index contributed by atoms with van der Waals surface area (Å²) in [5.74, 6) is -0.682. The van der Waals surface area contributed by atoms with Crippen molar-refractivity contribution < 1.29 is 130 Å². The number of imide groups is 2. The Morgan fingerprint density at radius 1 is 0.543 bits per heavy atom. The van der Waals surface area contributed by atoms with Gasteiger partial charge in [0.1, 0.15) is 36.2 Å². The van der Waals surface area contributed by atoms with Crippen LogP contribution < -0.4 is 58.9 Å². The van der Waals surface area contributed by atoms with E-state index >= 15 is 0 Å². The number of likely N-dealkylation sites (tertiary alicyclic amines) is 3. The summed E-state index contributed by atoms with van der Waals surface area (Å²) in [6.45, 7) is 13.1. The van der Waals surface area contributed by atoms with Crippen LogP contribution in [0.2, 0.25) is 0 Å². The van der Waals surface area contributed by atoms with Gasteiger partial charge in [-0.1, -0.05) is 43.3 Å². The molecule has 3 radical (unpaired) electrons. The van der Waals surface area contributed by atoms with Gasteiger partial charge in [-0.2, -0.15) is 13.2 Å². The standard InChI is InChI=1S/C31H38N2O5.C28H32N2O5.C4H6O4.C2HF3O2.C2H4O2.B.Na/c1-2-15-32-16-13-24(21-38-26-9-5-23-6-10-29(34)28(23)20-26)27(14-17-32)22-3-7-25(8-4-22)37-19-18-33-30(35)11-12-31(33)36;31-26-8-4-20-3-7-23(17-25(20)26)35-18-21-11-13-29-14-12-24(21)19-1-5-22(6-2-19)34-16-15-30-27(32)9-10-28(30)33;1-3(5)7-8-4(2)6;3-2(4,5)1(6)7;1-2(3)4;;/h3-5,7-9,20,24,27H,2,6,10-19,21H2,1H3;1-3,5-7,17,21,24,29H,4,8-16,18H2;1-2H3;(H,6,7);1H3,(H,3,4);;/q;;;;;;+1/p-1/t24-,27-;21-,24-;;;;;/m10...../s1. The van der Waals surface area contributed by atoms with E-state index in [-0.39, 0.29) is 73.2 Å². The molecular formula is C67H80BF3N4NaO18. The second-order valence-corrected chi connectivity index (χ2v) is 22.7. The molecule has 4 atom stereocenters. The summed E-state index contributed by atoms with van der Waals surface area (Å²) in [4.78, 5) is 122. The van der Waals surface area contributed by atoms with E-state index in [9.17, 15) is 51.5 Å². The minimum Gasteiger partial charge on any atom is -0.550 e. The van der Waals surface area contributed by atoms with Crippen molar-refractivity contribution in [3.8, 4) is 23.0 Å². The number of amides is 4. The van der Waals surface area contributed by atoms with E-state index in [2.05, 4.69) is 51.2 Å². The van der Waals surface area contributed by atoms with Gasteiger partial charge in [-0.25, -0.2) is 24.2 Å². The van der Waals surface area contributed by atoms with Crippen LogP contribution >= 0.6 is 0 Å². The maximum Gasteiger partial charge on any atom is 1.00 e. The first-order valence-electron chi connectivity index (χ1n) is 30.9. The normalized spacial score (nSPS) is 19.0. The molecule has 27 heteroatoms. The number of aliphatic carboxylic acids is 2. The molecule has 0 bridgehead atoms. The predicted octanol–water partition coefficient (Wildman–Crippen LogP) is 4.17. The van der Waals surface area contributed by atoms with Crippen LogP contribution in [-0.4, -0.2) is 166 Å². The van der Waals surface area contributed by atoms with Gasteiger partial charge in [-0.15, -0.1) is 0 Å². The minimum atomic E-state index is -5.08. The zero-order valence-electron chi connectivity index (χ0n) is 53.8. The molecule has 6 aliphatic rings. The average Bonchev–Trinajstić information content (AvgIpc) is 1.60. The molecule has 0 unspecified atom stereocenters. The molecule has 4 saturated heterocycles. The zero-order chi connectivity index (χ0) is 66.9. The van der Waals surface area contributed by atoms with Gasteiger partial charge in [0.15, 0.2) is 11.6 Å². The number of Topliss-reactive ketones (excluding diaryl/α,β-unsaturated/α-hetero) is 2. The Balaban J connectivity index is 0.000000309. The van der Waals surface area contributed by atoms with Crippen molar-refractivity contribution in [2.75, 3.05) is 72.2 Å². The molecule has 2 N–H and O–H groups in total. The Morgan fingerprint density at radius 2 is 0.915 bits per heavy atom. The Bertz CT molecular complexity index is 3180. The van der Waals surface area contributed by atoms with Crippen LogP contribution in [0.4, 0.5) is 13.2 Å². The smallest absolute Gasteiger partial charge is 0.550 e. The van der Waals surface area contributed by atoms with Crippen molar-refractivity contribution in [2.45, 2.75) is 129 Å². The number of carboxylic acid groups (broad SMARTS) is 2. The number of ketones is 2. The third kappa shape index (κ3) is 25.2. The van der Waals surface area contributed by atoms with Crippen LogP contribution in [0, 0.1) is 11.8 Å². The van der Waals surface area contributed by atoms with E-state index in [1.165, 1.54) is 20.9 Å². The van der Waals surface area contributed by atoms with E-state index in [4.69, 9.17) is 38.7 Å². The monoisotopic (exact) mass is 1320 g/mol. The number of hydrogen-bond donors (Lipinski definition) is 2. The number of nitrogens with one attached hydrogen (secondary N) is 1. The van der Waals surface area contributed by atoms with Gasteiger partial charge in [0.05, 0.1) is 26.3 Å². The van der Waals surface area contributed by atoms with Crippen LogP contribution in [0.15, 0.2) is 84.9 Å². The molecule has 4 aliphatic heterocycles. The van der Waals surface area contributed by atoms with Crippen LogP contribution in [0.3, 0.4) is 0 Å². The number of halogens is 3. The van der Waals surface area contributed by atoms with Gasteiger partial charge in [0.25, 0.3) is 0 Å². The van der Waals surface area contributed by atoms with Crippen molar-refractivity contribution in [1.82, 2.24) is 20.0 Å². The summed E-state index contributed by atoms with van der Waals surface area (Å²) in [5, 5.41) is 19.5. The number of carbonyl (C=O) groups is 10. The van der Waals surface area contributed by atoms with Crippen LogP contribution in [0.1, 0.15) is 153 Å². The number of fused-ring (bicyclic) bond motifs is 2. The summed E-state index contributed by atoms with van der Waals surface area (Å²) in [6.07, 6.45) is 4.32. The summed E-state index contributed by atoms with van der Waals surface area (Å²) < 4.78 is 55.9. The molecule has 4 fully saturated rings. The zero-order valence-corrected chi connectivity index (χ0v) is 55.8. The molecule has 4 amide bonds. The Labute approximate surface area is 568 Å². The fourth-order valence-electron chi connectivity index (χ4n) is 11.6. The second kappa shape index (κ2) is 39.3. The largest absolute Gasteiger partial charge is 1.00 e. The average molecular weight is 1320 g/mol. The summed E-state index contributed by atoms with van der Waals surface area (Å²) in [6, 6.07) is 28.3. The van der Waals surface area contributed by atoms with Crippen molar-refractivity contribution >= 4 is 67.5 Å².